The summed E-state index contributed by atoms with van der Waals surface area (Å²) in [5.41, 5.74) is 0.852. The van der Waals surface area contributed by atoms with Crippen LogP contribution >= 0.6 is 0 Å². The number of aliphatic hydroxyl groups excluding tert-OH is 1. The molecule has 280 valence electrons. The number of hydrogen-bond acceptors (Lipinski definition) is 10. The van der Waals surface area contributed by atoms with Crippen molar-refractivity contribution in [3.63, 3.8) is 0 Å². The van der Waals surface area contributed by atoms with Crippen molar-refractivity contribution in [3.05, 3.63) is 47.1 Å². The van der Waals surface area contributed by atoms with Gasteiger partial charge in [-0.3, -0.25) is 9.59 Å². The number of hydrogen-bond donors (Lipinski definition) is 2. The molecule has 10 nitrogen and oxygen atoms in total. The van der Waals surface area contributed by atoms with Gasteiger partial charge < -0.3 is 38.6 Å². The third-order valence-electron chi connectivity index (χ3n) is 11.6. The lowest BCUT2D eigenvalue weighted by atomic mass is 9.70. The van der Waals surface area contributed by atoms with Crippen LogP contribution in [0.15, 0.2) is 47.1 Å². The summed E-state index contributed by atoms with van der Waals surface area (Å²) in [5.74, 6) is -3.97. The number of fused-ring (bicyclic) bond motifs is 2. The minimum atomic E-state index is -1.68. The molecule has 13 unspecified atom stereocenters. The van der Waals surface area contributed by atoms with E-state index in [2.05, 4.69) is 32.9 Å². The first-order valence-electron chi connectivity index (χ1n) is 18.8. The van der Waals surface area contributed by atoms with Crippen LogP contribution in [0.2, 0.25) is 0 Å². The summed E-state index contributed by atoms with van der Waals surface area (Å²) in [4.78, 5) is 27.6. The van der Waals surface area contributed by atoms with Gasteiger partial charge >= 0.3 is 11.9 Å². The molecular weight excluding hydrogens is 640 g/mol. The van der Waals surface area contributed by atoms with E-state index in [9.17, 15) is 19.8 Å². The number of methoxy groups -OCH3 is 1. The molecular formula is C40H60O10. The van der Waals surface area contributed by atoms with Crippen LogP contribution in [0.25, 0.3) is 0 Å². The zero-order chi connectivity index (χ0) is 36.4. The van der Waals surface area contributed by atoms with E-state index < -0.39 is 59.9 Å². The second kappa shape index (κ2) is 16.1. The van der Waals surface area contributed by atoms with Gasteiger partial charge in [0.25, 0.3) is 0 Å². The van der Waals surface area contributed by atoms with Gasteiger partial charge in [-0.15, -0.1) is 0 Å². The van der Waals surface area contributed by atoms with Gasteiger partial charge in [0.15, 0.2) is 0 Å². The average Bonchev–Trinajstić information content (AvgIpc) is 3.41. The minimum Gasteiger partial charge on any atom is -0.462 e. The maximum atomic E-state index is 14.3. The van der Waals surface area contributed by atoms with E-state index in [-0.39, 0.29) is 42.9 Å². The lowest BCUT2D eigenvalue weighted by Crippen LogP contribution is -2.67. The Hall–Kier alpha value is -2.34. The van der Waals surface area contributed by atoms with Gasteiger partial charge in [-0.05, 0) is 56.6 Å². The van der Waals surface area contributed by atoms with Crippen molar-refractivity contribution >= 4 is 11.9 Å². The molecule has 13 atom stereocenters. The first-order valence-corrected chi connectivity index (χ1v) is 18.8. The van der Waals surface area contributed by atoms with Gasteiger partial charge in [0.1, 0.15) is 42.0 Å². The van der Waals surface area contributed by atoms with Gasteiger partial charge in [0.2, 0.25) is 5.79 Å². The molecule has 0 aromatic carbocycles. The second-order valence-electron chi connectivity index (χ2n) is 15.5. The molecule has 3 fully saturated rings. The fourth-order valence-electron chi connectivity index (χ4n) is 8.61. The molecule has 1 spiro atoms. The Morgan fingerprint density at radius 3 is 2.62 bits per heavy atom. The Morgan fingerprint density at radius 1 is 1.16 bits per heavy atom. The highest BCUT2D eigenvalue weighted by molar-refractivity contribution is 5.78. The Labute approximate surface area is 298 Å². The van der Waals surface area contributed by atoms with Crippen LogP contribution < -0.4 is 0 Å². The predicted octanol–water partition coefficient (Wildman–Crippen LogP) is 5.90. The van der Waals surface area contributed by atoms with E-state index in [0.717, 1.165) is 24.8 Å². The Balaban J connectivity index is 1.52. The molecule has 0 saturated carbocycles. The van der Waals surface area contributed by atoms with Crippen molar-refractivity contribution in [2.24, 2.45) is 23.7 Å². The molecule has 4 heterocycles. The van der Waals surface area contributed by atoms with Gasteiger partial charge in [-0.25, -0.2) is 0 Å². The normalized spacial score (nSPS) is 44.1. The molecule has 3 saturated heterocycles. The second-order valence-corrected chi connectivity index (χ2v) is 15.5. The van der Waals surface area contributed by atoms with E-state index in [1.807, 2.05) is 39.8 Å². The molecule has 10 heteroatoms. The SMILES string of the molecule is CCCCC(C)C(=O)OC1C(C)C(CC)OC2(CC3CC(C/C=C(\C)CC(C)/C=C/C=C4\COC5C(OC)C(C)=CC(C(=O)O3)C45O)O2)C1O. The maximum absolute atomic E-state index is 14.3. The van der Waals surface area contributed by atoms with E-state index in [1.54, 1.807) is 13.2 Å². The Bertz CT molecular complexity index is 1350. The summed E-state index contributed by atoms with van der Waals surface area (Å²) in [6.45, 7) is 14.1. The number of esters is 2. The van der Waals surface area contributed by atoms with Crippen molar-refractivity contribution in [1.82, 2.24) is 0 Å². The van der Waals surface area contributed by atoms with E-state index in [1.165, 1.54) is 5.57 Å². The number of carbonyl (C=O) groups is 2. The zero-order valence-electron chi connectivity index (χ0n) is 31.3. The smallest absolute Gasteiger partial charge is 0.316 e. The number of carbonyl (C=O) groups excluding carboxylic acids is 2. The van der Waals surface area contributed by atoms with E-state index in [4.69, 9.17) is 28.4 Å². The molecule has 50 heavy (non-hydrogen) atoms. The lowest BCUT2D eigenvalue weighted by Gasteiger charge is -2.54. The van der Waals surface area contributed by atoms with Crippen molar-refractivity contribution < 1.29 is 48.2 Å². The van der Waals surface area contributed by atoms with Gasteiger partial charge in [-0.1, -0.05) is 83.4 Å². The highest BCUT2D eigenvalue weighted by Crippen LogP contribution is 2.48. The molecule has 2 N–H and O–H groups in total. The highest BCUT2D eigenvalue weighted by atomic mass is 16.7. The van der Waals surface area contributed by atoms with Crippen LogP contribution in [0.5, 0.6) is 0 Å². The lowest BCUT2D eigenvalue weighted by molar-refractivity contribution is -0.385. The largest absolute Gasteiger partial charge is 0.462 e. The number of rotatable bonds is 7. The van der Waals surface area contributed by atoms with Gasteiger partial charge in [0.05, 0.1) is 24.7 Å². The monoisotopic (exact) mass is 700 g/mol. The van der Waals surface area contributed by atoms with Crippen molar-refractivity contribution in [3.8, 4) is 0 Å². The highest BCUT2D eigenvalue weighted by Gasteiger charge is 2.62. The summed E-state index contributed by atoms with van der Waals surface area (Å²) in [5, 5.41) is 24.5. The van der Waals surface area contributed by atoms with Gasteiger partial charge in [0, 0.05) is 25.9 Å². The average molecular weight is 701 g/mol. The van der Waals surface area contributed by atoms with E-state index >= 15 is 0 Å². The number of allylic oxidation sites excluding steroid dienone is 4. The molecule has 0 radical (unpaired) electrons. The molecule has 1 aliphatic carbocycles. The van der Waals surface area contributed by atoms with Gasteiger partial charge in [-0.2, -0.15) is 0 Å². The quantitative estimate of drug-likeness (QED) is 0.245. The van der Waals surface area contributed by atoms with Crippen LogP contribution in [0, 0.1) is 23.7 Å². The number of ether oxygens (including phenoxy) is 6. The zero-order valence-corrected chi connectivity index (χ0v) is 31.3. The third kappa shape index (κ3) is 7.71. The van der Waals surface area contributed by atoms with Crippen LogP contribution in [-0.2, 0) is 38.0 Å². The number of unbranched alkanes of at least 4 members (excludes halogenated alkanes) is 1. The molecule has 0 aromatic rings. The van der Waals surface area contributed by atoms with E-state index in [0.29, 0.717) is 31.3 Å². The summed E-state index contributed by atoms with van der Waals surface area (Å²) < 4.78 is 37.7. The molecule has 0 amide bonds. The van der Waals surface area contributed by atoms with Crippen LogP contribution in [0.1, 0.15) is 99.8 Å². The first kappa shape index (κ1) is 38.9. The topological polar surface area (TPSA) is 130 Å². The van der Waals surface area contributed by atoms with Crippen molar-refractivity contribution in [2.45, 2.75) is 154 Å². The Morgan fingerprint density at radius 2 is 1.92 bits per heavy atom. The maximum Gasteiger partial charge on any atom is 0.316 e. The Kier molecular flexibility index (Phi) is 12.5. The molecule has 0 aromatic heterocycles. The van der Waals surface area contributed by atoms with Crippen molar-refractivity contribution in [2.75, 3.05) is 13.7 Å². The fraction of sp³-hybridized carbons (Fsp3) is 0.750. The minimum absolute atomic E-state index is 0.0404. The molecule has 4 aliphatic heterocycles. The van der Waals surface area contributed by atoms with Crippen LogP contribution in [0.3, 0.4) is 0 Å². The molecule has 5 aliphatic rings. The van der Waals surface area contributed by atoms with Crippen LogP contribution in [0.4, 0.5) is 0 Å². The summed E-state index contributed by atoms with van der Waals surface area (Å²) in [6, 6.07) is 0. The number of aliphatic hydroxyl groups is 2. The summed E-state index contributed by atoms with van der Waals surface area (Å²) in [7, 11) is 1.57. The molecule has 2 bridgehead atoms. The standard InChI is InChI=1S/C40H60O10/c1-9-11-14-25(5)37(42)48-34-27(7)32(10-2)50-39(35(34)41)21-30-20-29(49-39)17-16-24(4)18-23(3)13-12-15-28-22-46-36-33(45-8)26(6)19-31(38(43)47-30)40(28,36)44/h12-13,15-16,19,23,25,27,29-36,41,44H,9-11,14,17-18,20-22H2,1-8H3/b13-12+,24-16+,28-15+. The summed E-state index contributed by atoms with van der Waals surface area (Å²) in [6.07, 6.45) is 9.61. The first-order chi connectivity index (χ1) is 23.8. The predicted molar refractivity (Wildman–Crippen MR) is 188 cm³/mol. The third-order valence-corrected chi connectivity index (χ3v) is 11.6. The van der Waals surface area contributed by atoms with Crippen molar-refractivity contribution in [1.29, 1.82) is 0 Å². The molecule has 5 rings (SSSR count). The van der Waals surface area contributed by atoms with Crippen LogP contribution in [-0.4, -0.2) is 90.0 Å². The summed E-state index contributed by atoms with van der Waals surface area (Å²) >= 11 is 0. The fourth-order valence-corrected chi connectivity index (χ4v) is 8.61.